The quantitative estimate of drug-likeness (QED) is 0.768. The Morgan fingerprint density at radius 1 is 1.50 bits per heavy atom. The maximum Gasteiger partial charge on any atom is 0.250 e. The number of phenolic OH excluding ortho intramolecular Hbond substituents is 1. The van der Waals surface area contributed by atoms with Crippen molar-refractivity contribution in [2.45, 2.75) is 27.2 Å². The minimum atomic E-state index is -0.129. The number of nitrogens with one attached hydrogen (secondary N) is 1. The van der Waals surface area contributed by atoms with E-state index in [1.807, 2.05) is 13.0 Å². The van der Waals surface area contributed by atoms with Gasteiger partial charge in [-0.25, -0.2) is 0 Å². The topological polar surface area (TPSA) is 49.3 Å². The predicted octanol–water partition coefficient (Wildman–Crippen LogP) is 3.00. The Morgan fingerprint density at radius 2 is 2.19 bits per heavy atom. The van der Waals surface area contributed by atoms with Crippen LogP contribution in [0.5, 0.6) is 5.75 Å². The van der Waals surface area contributed by atoms with E-state index >= 15 is 0 Å². The molecule has 0 heterocycles. The van der Waals surface area contributed by atoms with Crippen LogP contribution < -0.4 is 5.32 Å². The van der Waals surface area contributed by atoms with Gasteiger partial charge in [0.15, 0.2) is 0 Å². The molecule has 86 valence electrons. The number of carbonyl (C=O) groups is 1. The lowest BCUT2D eigenvalue weighted by Crippen LogP contribution is -2.13. The van der Waals surface area contributed by atoms with Crippen LogP contribution in [0, 0.1) is 6.92 Å². The highest BCUT2D eigenvalue weighted by atomic mass is 16.3. The summed E-state index contributed by atoms with van der Waals surface area (Å²) < 4.78 is 0. The molecule has 1 amide bonds. The summed E-state index contributed by atoms with van der Waals surface area (Å²) in [6, 6.07) is 5.07. The highest BCUT2D eigenvalue weighted by Crippen LogP contribution is 2.24. The van der Waals surface area contributed by atoms with E-state index in [0.29, 0.717) is 16.8 Å². The van der Waals surface area contributed by atoms with Crippen molar-refractivity contribution in [3.8, 4) is 5.75 Å². The Balaban J connectivity index is 2.85. The Morgan fingerprint density at radius 3 is 2.81 bits per heavy atom. The summed E-state index contributed by atoms with van der Waals surface area (Å²) in [6.45, 7) is 5.52. The van der Waals surface area contributed by atoms with Crippen LogP contribution in [0.15, 0.2) is 29.8 Å². The molecule has 0 aliphatic rings. The van der Waals surface area contributed by atoms with E-state index in [9.17, 15) is 9.90 Å². The molecule has 3 nitrogen and oxygen atoms in total. The lowest BCUT2D eigenvalue weighted by molar-refractivity contribution is -0.112. The molecule has 0 saturated heterocycles. The fraction of sp³-hybridized carbons (Fsp3) is 0.308. The van der Waals surface area contributed by atoms with E-state index in [1.165, 1.54) is 0 Å². The van der Waals surface area contributed by atoms with E-state index in [1.54, 1.807) is 32.0 Å². The van der Waals surface area contributed by atoms with Crippen molar-refractivity contribution < 1.29 is 9.90 Å². The van der Waals surface area contributed by atoms with Crippen molar-refractivity contribution in [2.24, 2.45) is 0 Å². The molecular weight excluding hydrogens is 202 g/mol. The molecule has 0 aliphatic heterocycles. The number of benzene rings is 1. The number of phenols is 1. The number of rotatable bonds is 3. The number of aromatic hydroxyl groups is 1. The first-order chi connectivity index (χ1) is 7.56. The first-order valence-electron chi connectivity index (χ1n) is 5.33. The third-order valence-electron chi connectivity index (χ3n) is 2.42. The zero-order chi connectivity index (χ0) is 12.1. The second-order valence-electron chi connectivity index (χ2n) is 3.70. The third kappa shape index (κ3) is 2.86. The van der Waals surface area contributed by atoms with Gasteiger partial charge in [0, 0.05) is 16.8 Å². The van der Waals surface area contributed by atoms with Gasteiger partial charge in [0.1, 0.15) is 5.75 Å². The van der Waals surface area contributed by atoms with Gasteiger partial charge in [0.25, 0.3) is 5.91 Å². The highest BCUT2D eigenvalue weighted by Gasteiger charge is 2.07. The summed E-state index contributed by atoms with van der Waals surface area (Å²) in [5.74, 6) is 0.0606. The molecule has 0 spiro atoms. The van der Waals surface area contributed by atoms with Gasteiger partial charge >= 0.3 is 0 Å². The van der Waals surface area contributed by atoms with Crippen molar-refractivity contribution in [1.29, 1.82) is 0 Å². The van der Waals surface area contributed by atoms with E-state index in [0.717, 1.165) is 6.42 Å². The second kappa shape index (κ2) is 5.35. The van der Waals surface area contributed by atoms with E-state index < -0.39 is 0 Å². The molecule has 0 unspecified atom stereocenters. The van der Waals surface area contributed by atoms with Gasteiger partial charge in [-0.3, -0.25) is 4.79 Å². The average Bonchev–Trinajstić information content (AvgIpc) is 2.25. The van der Waals surface area contributed by atoms with Crippen LogP contribution in [0.25, 0.3) is 0 Å². The van der Waals surface area contributed by atoms with E-state index in [4.69, 9.17) is 0 Å². The van der Waals surface area contributed by atoms with Crippen molar-refractivity contribution in [2.75, 3.05) is 5.32 Å². The monoisotopic (exact) mass is 219 g/mol. The molecule has 1 aromatic rings. The normalized spacial score (nSPS) is 11.3. The molecule has 0 aliphatic carbocycles. The van der Waals surface area contributed by atoms with Crippen LogP contribution in [0.3, 0.4) is 0 Å². The molecule has 0 radical (unpaired) electrons. The van der Waals surface area contributed by atoms with Crippen LogP contribution in [-0.4, -0.2) is 11.0 Å². The molecule has 0 fully saturated rings. The molecule has 16 heavy (non-hydrogen) atoms. The summed E-state index contributed by atoms with van der Waals surface area (Å²) in [7, 11) is 0. The molecule has 1 rings (SSSR count). The van der Waals surface area contributed by atoms with Gasteiger partial charge in [-0.05, 0) is 32.4 Å². The number of hydrogen-bond donors (Lipinski definition) is 2. The SMILES string of the molecule is CCC=C(C)C(=O)Nc1cccc(O)c1C. The fourth-order valence-electron chi connectivity index (χ4n) is 1.38. The van der Waals surface area contributed by atoms with Gasteiger partial charge in [-0.1, -0.05) is 19.1 Å². The first-order valence-corrected chi connectivity index (χ1v) is 5.33. The summed E-state index contributed by atoms with van der Waals surface area (Å²) in [5, 5.41) is 12.3. The smallest absolute Gasteiger partial charge is 0.250 e. The molecule has 0 bridgehead atoms. The van der Waals surface area contributed by atoms with E-state index in [2.05, 4.69) is 5.32 Å². The van der Waals surface area contributed by atoms with Gasteiger partial charge in [0.05, 0.1) is 0 Å². The molecule has 3 heteroatoms. The maximum absolute atomic E-state index is 11.7. The molecule has 0 saturated carbocycles. The Hall–Kier alpha value is -1.77. The fourth-order valence-corrected chi connectivity index (χ4v) is 1.38. The second-order valence-corrected chi connectivity index (χ2v) is 3.70. The standard InChI is InChI=1S/C13H17NO2/c1-4-6-9(2)13(16)14-11-7-5-8-12(15)10(11)3/h5-8,15H,4H2,1-3H3,(H,14,16). The molecule has 2 N–H and O–H groups in total. The van der Waals surface area contributed by atoms with Crippen LogP contribution in [0.1, 0.15) is 25.8 Å². The van der Waals surface area contributed by atoms with Crippen LogP contribution in [0.2, 0.25) is 0 Å². The largest absolute Gasteiger partial charge is 0.508 e. The van der Waals surface area contributed by atoms with Gasteiger partial charge < -0.3 is 10.4 Å². The highest BCUT2D eigenvalue weighted by molar-refractivity contribution is 6.03. The molecule has 0 aromatic heterocycles. The average molecular weight is 219 g/mol. The molecule has 0 atom stereocenters. The van der Waals surface area contributed by atoms with Crippen molar-refractivity contribution in [3.63, 3.8) is 0 Å². The predicted molar refractivity (Wildman–Crippen MR) is 65.5 cm³/mol. The minimum Gasteiger partial charge on any atom is -0.508 e. The van der Waals surface area contributed by atoms with Gasteiger partial charge in [-0.15, -0.1) is 0 Å². The van der Waals surface area contributed by atoms with Gasteiger partial charge in [-0.2, -0.15) is 0 Å². The van der Waals surface area contributed by atoms with Crippen LogP contribution >= 0.6 is 0 Å². The zero-order valence-corrected chi connectivity index (χ0v) is 9.87. The molecule has 1 aromatic carbocycles. The number of allylic oxidation sites excluding steroid dienone is 1. The lowest BCUT2D eigenvalue weighted by atomic mass is 10.1. The summed E-state index contributed by atoms with van der Waals surface area (Å²) in [4.78, 5) is 11.7. The number of carbonyl (C=O) groups excluding carboxylic acids is 1. The van der Waals surface area contributed by atoms with Crippen molar-refractivity contribution in [1.82, 2.24) is 0 Å². The van der Waals surface area contributed by atoms with Crippen molar-refractivity contribution >= 4 is 11.6 Å². The Labute approximate surface area is 95.8 Å². The summed E-state index contributed by atoms with van der Waals surface area (Å²) in [6.07, 6.45) is 2.70. The first kappa shape index (κ1) is 12.3. The molecular formula is C13H17NO2. The third-order valence-corrected chi connectivity index (χ3v) is 2.42. The Bertz CT molecular complexity index is 422. The van der Waals surface area contributed by atoms with Crippen LogP contribution in [-0.2, 0) is 4.79 Å². The number of hydrogen-bond acceptors (Lipinski definition) is 2. The minimum absolute atomic E-state index is 0.129. The van der Waals surface area contributed by atoms with Crippen LogP contribution in [0.4, 0.5) is 5.69 Å². The van der Waals surface area contributed by atoms with Crippen molar-refractivity contribution in [3.05, 3.63) is 35.4 Å². The number of anilines is 1. The van der Waals surface area contributed by atoms with Gasteiger partial charge in [0.2, 0.25) is 0 Å². The zero-order valence-electron chi connectivity index (χ0n) is 9.87. The maximum atomic E-state index is 11.7. The Kier molecular flexibility index (Phi) is 4.11. The lowest BCUT2D eigenvalue weighted by Gasteiger charge is -2.09. The number of amides is 1. The van der Waals surface area contributed by atoms with E-state index in [-0.39, 0.29) is 11.7 Å². The summed E-state index contributed by atoms with van der Waals surface area (Å²) in [5.41, 5.74) is 2.01. The summed E-state index contributed by atoms with van der Waals surface area (Å²) >= 11 is 0.